The number of aromatic nitrogens is 2. The molecule has 2 bridgehead atoms. The summed E-state index contributed by atoms with van der Waals surface area (Å²) >= 11 is 0. The highest BCUT2D eigenvalue weighted by Gasteiger charge is 2.68. The van der Waals surface area contributed by atoms with Crippen LogP contribution < -0.4 is 9.64 Å². The zero-order valence-electron chi connectivity index (χ0n) is 24.6. The number of aromatic carboxylic acids is 1. The number of allylic oxidation sites excluding steroid dienone is 1. The Kier molecular flexibility index (Phi) is 6.23. The summed E-state index contributed by atoms with van der Waals surface area (Å²) in [7, 11) is 0. The highest BCUT2D eigenvalue weighted by atomic mass is 16.5. The molecule has 5 aliphatic rings. The zero-order valence-corrected chi connectivity index (χ0v) is 24.6. The first-order valence-corrected chi connectivity index (χ1v) is 15.3. The van der Waals surface area contributed by atoms with Crippen molar-refractivity contribution in [3.8, 4) is 11.5 Å². The van der Waals surface area contributed by atoms with Crippen molar-refractivity contribution in [2.75, 3.05) is 37.6 Å². The van der Waals surface area contributed by atoms with E-state index in [-0.39, 0.29) is 5.56 Å². The fraction of sp³-hybridized carbons (Fsp3) is 0.529. The quantitative estimate of drug-likeness (QED) is 0.285. The second-order valence-corrected chi connectivity index (χ2v) is 14.0. The van der Waals surface area contributed by atoms with Crippen LogP contribution in [-0.4, -0.2) is 58.7 Å². The number of hydrogen-bond acceptors (Lipinski definition) is 5. The maximum absolute atomic E-state index is 12.0. The summed E-state index contributed by atoms with van der Waals surface area (Å²) < 4.78 is 6.10. The Labute approximate surface area is 242 Å². The van der Waals surface area contributed by atoms with Crippen LogP contribution in [0.1, 0.15) is 76.1 Å². The van der Waals surface area contributed by atoms with Crippen LogP contribution in [0, 0.1) is 16.2 Å². The number of carbonyl (C=O) groups is 1. The zero-order chi connectivity index (χ0) is 28.4. The second-order valence-electron chi connectivity index (χ2n) is 14.0. The number of H-pyrrole nitrogens is 1. The number of ether oxygens (including phenoxy) is 1. The average Bonchev–Trinajstić information content (AvgIpc) is 3.37. The molecule has 3 heterocycles. The standard InChI is InChI=1S/C34H42N4O3/c1-4-33-20-34(21-33,22-33)28-17-32(2,3)9-7-24(28)19-37-11-13-38(14-12-37)25-5-6-27(31(39)40)29(16-25)41-26-15-23-8-10-35-30(23)36-18-26/h5-6,8,10,15-16,18H,4,7,9,11-14,17,19-22H2,1-3H3,(H,35,36)(H,39,40). The van der Waals surface area contributed by atoms with E-state index in [4.69, 9.17) is 4.74 Å². The lowest BCUT2D eigenvalue weighted by molar-refractivity contribution is -0.182. The third-order valence-electron chi connectivity index (χ3n) is 10.7. The molecule has 8 rings (SSSR count). The normalized spacial score (nSPS) is 27.4. The van der Waals surface area contributed by atoms with Gasteiger partial charge in [-0.2, -0.15) is 0 Å². The number of benzene rings is 1. The lowest BCUT2D eigenvalue weighted by Crippen LogP contribution is -2.63. The van der Waals surface area contributed by atoms with Gasteiger partial charge in [-0.25, -0.2) is 9.78 Å². The van der Waals surface area contributed by atoms with Gasteiger partial charge in [0.1, 0.15) is 22.7 Å². The van der Waals surface area contributed by atoms with E-state index in [2.05, 4.69) is 40.5 Å². The van der Waals surface area contributed by atoms with Gasteiger partial charge in [-0.05, 0) is 79.0 Å². The van der Waals surface area contributed by atoms with Gasteiger partial charge in [-0.3, -0.25) is 4.90 Å². The number of pyridine rings is 1. The summed E-state index contributed by atoms with van der Waals surface area (Å²) in [4.78, 5) is 24.4. The van der Waals surface area contributed by atoms with Gasteiger partial charge in [-0.1, -0.05) is 38.3 Å². The van der Waals surface area contributed by atoms with E-state index in [1.165, 1.54) is 44.9 Å². The smallest absolute Gasteiger partial charge is 0.339 e. The van der Waals surface area contributed by atoms with E-state index in [9.17, 15) is 9.90 Å². The van der Waals surface area contributed by atoms with Crippen molar-refractivity contribution < 1.29 is 14.6 Å². The molecule has 1 aliphatic heterocycles. The van der Waals surface area contributed by atoms with Gasteiger partial charge in [0.2, 0.25) is 0 Å². The number of fused-ring (bicyclic) bond motifs is 1. The highest BCUT2D eigenvalue weighted by molar-refractivity contribution is 5.92. The average molecular weight is 555 g/mol. The highest BCUT2D eigenvalue weighted by Crippen LogP contribution is 2.79. The number of nitrogens with one attached hydrogen (secondary N) is 1. The number of carboxylic acids is 1. The van der Waals surface area contributed by atoms with Crippen molar-refractivity contribution in [2.24, 2.45) is 16.2 Å². The largest absolute Gasteiger partial charge is 0.478 e. The molecule has 2 N–H and O–H groups in total. The Hall–Kier alpha value is -3.32. The predicted molar refractivity (Wildman–Crippen MR) is 162 cm³/mol. The SMILES string of the molecule is CCC12CC(C3=C(CN4CCN(c5ccc(C(=O)O)c(Oc6cnc7[nH]ccc7c6)c5)CC4)CCC(C)(C)C3)(C1)C2. The molecular weight excluding hydrogens is 512 g/mol. The first-order valence-electron chi connectivity index (χ1n) is 15.3. The van der Waals surface area contributed by atoms with Crippen molar-refractivity contribution >= 4 is 22.7 Å². The van der Waals surface area contributed by atoms with E-state index in [0.717, 1.165) is 49.4 Å². The molecule has 0 spiro atoms. The molecule has 4 fully saturated rings. The van der Waals surface area contributed by atoms with Crippen molar-refractivity contribution in [3.63, 3.8) is 0 Å². The third kappa shape index (κ3) is 4.72. The van der Waals surface area contributed by atoms with Crippen LogP contribution in [0.25, 0.3) is 11.0 Å². The van der Waals surface area contributed by atoms with E-state index in [0.29, 0.717) is 27.7 Å². The number of rotatable bonds is 8. The molecular formula is C34H42N4O3. The minimum atomic E-state index is -1.000. The van der Waals surface area contributed by atoms with Crippen molar-refractivity contribution in [1.82, 2.24) is 14.9 Å². The second kappa shape index (κ2) is 9.62. The Bertz CT molecular complexity index is 1510. The topological polar surface area (TPSA) is 81.7 Å². The van der Waals surface area contributed by atoms with Gasteiger partial charge in [0.25, 0.3) is 0 Å². The summed E-state index contributed by atoms with van der Waals surface area (Å²) in [6.07, 6.45) is 12.9. The molecule has 0 unspecified atom stereocenters. The number of hydrogen-bond donors (Lipinski definition) is 2. The van der Waals surface area contributed by atoms with Crippen LogP contribution in [-0.2, 0) is 0 Å². The van der Waals surface area contributed by atoms with Crippen LogP contribution in [0.15, 0.2) is 53.9 Å². The van der Waals surface area contributed by atoms with Crippen molar-refractivity contribution in [2.45, 2.75) is 65.7 Å². The van der Waals surface area contributed by atoms with E-state index >= 15 is 0 Å². The molecule has 1 saturated heterocycles. The number of aromatic amines is 1. The molecule has 7 heteroatoms. The first kappa shape index (κ1) is 26.6. The van der Waals surface area contributed by atoms with Crippen LogP contribution in [0.3, 0.4) is 0 Å². The molecule has 3 saturated carbocycles. The molecule has 41 heavy (non-hydrogen) atoms. The van der Waals surface area contributed by atoms with Crippen molar-refractivity contribution in [3.05, 3.63) is 59.4 Å². The van der Waals surface area contributed by atoms with Gasteiger partial charge in [0.15, 0.2) is 0 Å². The molecule has 1 aromatic carbocycles. The van der Waals surface area contributed by atoms with Crippen LogP contribution >= 0.6 is 0 Å². The summed E-state index contributed by atoms with van der Waals surface area (Å²) in [6.45, 7) is 12.3. The fourth-order valence-corrected chi connectivity index (χ4v) is 8.27. The number of nitrogens with zero attached hydrogens (tertiary/aromatic N) is 3. The number of piperazine rings is 1. The Balaban J connectivity index is 1.05. The van der Waals surface area contributed by atoms with Gasteiger partial charge in [0, 0.05) is 56.1 Å². The maximum atomic E-state index is 12.0. The number of carboxylic acid groups (broad SMARTS) is 1. The monoisotopic (exact) mass is 554 g/mol. The van der Waals surface area contributed by atoms with Gasteiger partial charge in [0.05, 0.1) is 6.20 Å². The molecule has 7 nitrogen and oxygen atoms in total. The Morgan fingerprint density at radius 3 is 2.61 bits per heavy atom. The molecule has 2 aromatic heterocycles. The molecule has 4 aliphatic carbocycles. The number of anilines is 1. The van der Waals surface area contributed by atoms with Gasteiger partial charge < -0.3 is 19.7 Å². The summed E-state index contributed by atoms with van der Waals surface area (Å²) in [5, 5.41) is 10.7. The van der Waals surface area contributed by atoms with Crippen LogP contribution in [0.2, 0.25) is 0 Å². The summed E-state index contributed by atoms with van der Waals surface area (Å²) in [6, 6.07) is 9.24. The minimum Gasteiger partial charge on any atom is -0.478 e. The van der Waals surface area contributed by atoms with E-state index in [1.54, 1.807) is 17.8 Å². The molecule has 3 aromatic rings. The van der Waals surface area contributed by atoms with E-state index in [1.807, 2.05) is 36.0 Å². The lowest BCUT2D eigenvalue weighted by atomic mass is 9.31. The molecule has 0 atom stereocenters. The molecule has 0 amide bonds. The third-order valence-corrected chi connectivity index (χ3v) is 10.7. The molecule has 216 valence electrons. The first-order chi connectivity index (χ1) is 19.7. The lowest BCUT2D eigenvalue weighted by Gasteiger charge is -2.73. The predicted octanol–water partition coefficient (Wildman–Crippen LogP) is 7.26. The van der Waals surface area contributed by atoms with Crippen LogP contribution in [0.5, 0.6) is 11.5 Å². The Morgan fingerprint density at radius 1 is 1.10 bits per heavy atom. The summed E-state index contributed by atoms with van der Waals surface area (Å²) in [5.41, 5.74) is 7.15. The van der Waals surface area contributed by atoms with Gasteiger partial charge in [-0.15, -0.1) is 0 Å². The van der Waals surface area contributed by atoms with E-state index < -0.39 is 5.97 Å². The Morgan fingerprint density at radius 2 is 1.88 bits per heavy atom. The van der Waals surface area contributed by atoms with Crippen LogP contribution in [0.4, 0.5) is 5.69 Å². The van der Waals surface area contributed by atoms with Gasteiger partial charge >= 0.3 is 5.97 Å². The summed E-state index contributed by atoms with van der Waals surface area (Å²) in [5.74, 6) is -0.132. The van der Waals surface area contributed by atoms with Crippen molar-refractivity contribution in [1.29, 1.82) is 0 Å². The fourth-order valence-electron chi connectivity index (χ4n) is 8.27. The molecule has 0 radical (unpaired) electrons. The maximum Gasteiger partial charge on any atom is 0.339 e. The minimum absolute atomic E-state index is 0.152.